The first-order valence-corrected chi connectivity index (χ1v) is 15.8. The van der Waals surface area contributed by atoms with Crippen LogP contribution in [-0.4, -0.2) is 86.7 Å². The minimum absolute atomic E-state index is 0. The summed E-state index contributed by atoms with van der Waals surface area (Å²) in [5.74, 6) is 1.92. The van der Waals surface area contributed by atoms with E-state index >= 15 is 0 Å². The molecular weight excluding hydrogens is 633 g/mol. The fraction of sp³-hybridized carbons (Fsp3) is 0.594. The summed E-state index contributed by atoms with van der Waals surface area (Å²) in [6.07, 6.45) is 11.0. The maximum atomic E-state index is 14.4. The molecule has 1 saturated heterocycles. The van der Waals surface area contributed by atoms with E-state index in [4.69, 9.17) is 9.47 Å². The van der Waals surface area contributed by atoms with Crippen molar-refractivity contribution in [3.8, 4) is 11.5 Å². The highest BCUT2D eigenvalue weighted by Crippen LogP contribution is 2.43. The highest BCUT2D eigenvalue weighted by atomic mass is 35.5. The highest BCUT2D eigenvalue weighted by Gasteiger charge is 2.44. The van der Waals surface area contributed by atoms with Gasteiger partial charge in [-0.25, -0.2) is 4.98 Å². The molecule has 12 nitrogen and oxygen atoms in total. The number of hydrogen-bond donors (Lipinski definition) is 4. The van der Waals surface area contributed by atoms with Crippen LogP contribution in [0.3, 0.4) is 0 Å². The third kappa shape index (κ3) is 10.6. The number of carbonyl (C=O) groups excluding carboxylic acids is 3. The van der Waals surface area contributed by atoms with Crippen LogP contribution in [0.25, 0.3) is 0 Å². The Kier molecular flexibility index (Phi) is 14.6. The van der Waals surface area contributed by atoms with Crippen molar-refractivity contribution in [3.05, 3.63) is 42.4 Å². The number of aromatic nitrogens is 2. The highest BCUT2D eigenvalue weighted by molar-refractivity contribution is 5.86. The van der Waals surface area contributed by atoms with Crippen LogP contribution in [0.15, 0.2) is 36.8 Å². The lowest BCUT2D eigenvalue weighted by Crippen LogP contribution is -2.54. The molecule has 3 aliphatic rings. The molecule has 4 N–H and O–H groups in total. The minimum Gasteiger partial charge on any atom is -0.493 e. The van der Waals surface area contributed by atoms with Gasteiger partial charge in [0.2, 0.25) is 11.8 Å². The number of ether oxygens (including phenoxy) is 2. The Labute approximate surface area is 283 Å². The van der Waals surface area contributed by atoms with Crippen molar-refractivity contribution in [2.24, 2.45) is 11.3 Å². The van der Waals surface area contributed by atoms with Crippen LogP contribution in [0.5, 0.6) is 11.5 Å². The summed E-state index contributed by atoms with van der Waals surface area (Å²) in [6.45, 7) is 3.37. The number of rotatable bonds is 6. The molecule has 3 amide bonds. The van der Waals surface area contributed by atoms with Crippen LogP contribution in [0.2, 0.25) is 0 Å². The van der Waals surface area contributed by atoms with E-state index in [0.717, 1.165) is 50.2 Å². The summed E-state index contributed by atoms with van der Waals surface area (Å²) in [6, 6.07) is 5.62. The number of nitrogens with zero attached hydrogens (tertiary/aromatic N) is 3. The normalized spacial score (nSPS) is 21.9. The smallest absolute Gasteiger partial charge is 0.257 e. The Morgan fingerprint density at radius 2 is 1.87 bits per heavy atom. The summed E-state index contributed by atoms with van der Waals surface area (Å²) in [5, 5.41) is 12.6. The predicted molar refractivity (Wildman–Crippen MR) is 180 cm³/mol. The quantitative estimate of drug-likeness (QED) is 0.362. The van der Waals surface area contributed by atoms with Gasteiger partial charge in [0, 0.05) is 57.6 Å². The molecule has 1 unspecified atom stereocenters. The lowest BCUT2D eigenvalue weighted by molar-refractivity contribution is -0.133. The van der Waals surface area contributed by atoms with E-state index in [-0.39, 0.29) is 61.7 Å². The van der Waals surface area contributed by atoms with Crippen LogP contribution >= 0.6 is 24.8 Å². The van der Waals surface area contributed by atoms with Gasteiger partial charge in [0.15, 0.2) is 18.1 Å². The van der Waals surface area contributed by atoms with E-state index in [0.29, 0.717) is 62.7 Å². The van der Waals surface area contributed by atoms with Gasteiger partial charge in [-0.05, 0) is 62.3 Å². The fourth-order valence-electron chi connectivity index (χ4n) is 6.05. The molecule has 14 heteroatoms. The Morgan fingerprint density at radius 1 is 1.07 bits per heavy atom. The van der Waals surface area contributed by atoms with Crippen molar-refractivity contribution in [2.45, 2.75) is 57.4 Å². The van der Waals surface area contributed by atoms with Gasteiger partial charge in [-0.1, -0.05) is 18.9 Å². The molecule has 5 rings (SSSR count). The number of fused-ring (bicyclic) bond motifs is 2. The first-order valence-electron chi connectivity index (χ1n) is 15.8. The van der Waals surface area contributed by atoms with Crippen molar-refractivity contribution >= 4 is 48.4 Å². The van der Waals surface area contributed by atoms with E-state index in [1.54, 1.807) is 25.7 Å². The first-order chi connectivity index (χ1) is 21.4. The van der Waals surface area contributed by atoms with Crippen LogP contribution < -0.4 is 35.6 Å². The molecule has 254 valence electrons. The second kappa shape index (κ2) is 18.1. The molecule has 46 heavy (non-hydrogen) atoms. The number of halogens is 2. The molecule has 0 radical (unpaired) electrons. The Hall–Kier alpha value is -3.35. The predicted octanol–water partition coefficient (Wildman–Crippen LogP) is 2.44. The number of anilines is 1. The van der Waals surface area contributed by atoms with Gasteiger partial charge >= 0.3 is 0 Å². The van der Waals surface area contributed by atoms with E-state index < -0.39 is 5.41 Å². The van der Waals surface area contributed by atoms with E-state index in [2.05, 4.69) is 36.1 Å². The van der Waals surface area contributed by atoms with Gasteiger partial charge < -0.3 is 35.6 Å². The van der Waals surface area contributed by atoms with Crippen molar-refractivity contribution in [3.63, 3.8) is 0 Å². The van der Waals surface area contributed by atoms with Gasteiger partial charge in [-0.2, -0.15) is 0 Å². The van der Waals surface area contributed by atoms with Gasteiger partial charge in [0.25, 0.3) is 5.91 Å². The summed E-state index contributed by atoms with van der Waals surface area (Å²) in [7, 11) is 1.56. The Morgan fingerprint density at radius 3 is 2.59 bits per heavy atom. The number of nitrogens with one attached hydrogen (secondary N) is 4. The molecule has 1 aromatic heterocycles. The van der Waals surface area contributed by atoms with Crippen LogP contribution in [0.1, 0.15) is 50.5 Å². The molecule has 1 aliphatic carbocycles. The lowest BCUT2D eigenvalue weighted by atomic mass is 9.75. The third-order valence-corrected chi connectivity index (χ3v) is 8.70. The Balaban J connectivity index is 0.00000288. The zero-order valence-corrected chi connectivity index (χ0v) is 28.1. The first kappa shape index (κ1) is 37.1. The number of carbonyl (C=O) groups is 3. The van der Waals surface area contributed by atoms with Crippen molar-refractivity contribution < 1.29 is 23.9 Å². The summed E-state index contributed by atoms with van der Waals surface area (Å²) in [5.41, 5.74) is 0.0419. The van der Waals surface area contributed by atoms with Gasteiger partial charge in [-0.15, -0.1) is 24.8 Å². The number of amides is 3. The van der Waals surface area contributed by atoms with Crippen molar-refractivity contribution in [1.82, 2.24) is 31.2 Å². The third-order valence-electron chi connectivity index (χ3n) is 8.70. The van der Waals surface area contributed by atoms with Crippen LogP contribution in [0.4, 0.5) is 5.82 Å². The number of methoxy groups -OCH3 is 1. The van der Waals surface area contributed by atoms with Gasteiger partial charge in [-0.3, -0.25) is 19.4 Å². The molecule has 3 heterocycles. The molecule has 1 atom stereocenters. The zero-order chi connectivity index (χ0) is 30.8. The number of piperidine rings is 1. The van der Waals surface area contributed by atoms with E-state index in [9.17, 15) is 14.4 Å². The molecule has 1 saturated carbocycles. The van der Waals surface area contributed by atoms with Crippen molar-refractivity contribution in [2.75, 3.05) is 57.9 Å². The number of benzene rings is 1. The maximum absolute atomic E-state index is 14.4. The topological polar surface area (TPSA) is 147 Å². The molecule has 2 aromatic rings. The molecule has 2 aliphatic heterocycles. The zero-order valence-electron chi connectivity index (χ0n) is 26.4. The minimum atomic E-state index is -0.841. The summed E-state index contributed by atoms with van der Waals surface area (Å²) < 4.78 is 11.4. The second-order valence-corrected chi connectivity index (χ2v) is 12.2. The Bertz CT molecular complexity index is 1280. The second-order valence-electron chi connectivity index (χ2n) is 12.2. The molecule has 2 bridgehead atoms. The van der Waals surface area contributed by atoms with E-state index in [1.165, 1.54) is 0 Å². The van der Waals surface area contributed by atoms with Crippen molar-refractivity contribution in [1.29, 1.82) is 0 Å². The standard InChI is InChI=1S/C32H45N7O5.2ClH/c1-43-26-7-6-24-17-27(26)44-21-30(41)36-14-11-33-10-2-3-29(40)37-22-32(19-24,18-23-4-5-23)31(42)38-25-8-15-39(16-9-25)28-20-34-12-13-35-28;;/h6-7,12-13,17,20,23,25,33H,2-5,8-11,14-16,18-19,21-22H2,1H3,(H,36,41)(H,37,40)(H,38,42);2*1H. The van der Waals surface area contributed by atoms with Crippen LogP contribution in [-0.2, 0) is 20.8 Å². The summed E-state index contributed by atoms with van der Waals surface area (Å²) in [4.78, 5) is 50.6. The maximum Gasteiger partial charge on any atom is 0.257 e. The van der Waals surface area contributed by atoms with Crippen LogP contribution in [0, 0.1) is 11.3 Å². The molecular formula is C32H47Cl2N7O5. The fourth-order valence-corrected chi connectivity index (χ4v) is 6.05. The molecule has 0 spiro atoms. The number of hydrogen-bond acceptors (Lipinski definition) is 9. The average Bonchev–Trinajstić information content (AvgIpc) is 3.86. The van der Waals surface area contributed by atoms with Gasteiger partial charge in [0.1, 0.15) is 5.82 Å². The van der Waals surface area contributed by atoms with E-state index in [1.807, 2.05) is 18.2 Å². The lowest BCUT2D eigenvalue weighted by Gasteiger charge is -2.38. The largest absolute Gasteiger partial charge is 0.493 e. The average molecular weight is 681 g/mol. The SMILES string of the molecule is COc1ccc2cc1OCC(=O)NCCNCCCC(=O)NCC(CC1CC1)(C(=O)NC1CCN(c3cnccn3)CC1)C2.Cl.Cl. The summed E-state index contributed by atoms with van der Waals surface area (Å²) >= 11 is 0. The monoisotopic (exact) mass is 679 g/mol. The molecule has 2 fully saturated rings. The van der Waals surface area contributed by atoms with Gasteiger partial charge in [0.05, 0.1) is 18.7 Å². The molecule has 1 aromatic carbocycles.